The summed E-state index contributed by atoms with van der Waals surface area (Å²) in [4.78, 5) is 0. The molecule has 0 saturated heterocycles. The van der Waals surface area contributed by atoms with E-state index in [0.717, 1.165) is 11.1 Å². The van der Waals surface area contributed by atoms with Crippen LogP contribution in [0.1, 0.15) is 24.0 Å². The average Bonchev–Trinajstić information content (AvgIpc) is 3.42. The van der Waals surface area contributed by atoms with Gasteiger partial charge in [-0.15, -0.1) is 5.10 Å². The predicted octanol–water partition coefficient (Wildman–Crippen LogP) is 6.06. The van der Waals surface area contributed by atoms with Crippen LogP contribution in [0.5, 0.6) is 0 Å². The lowest BCUT2D eigenvalue weighted by Gasteiger charge is -2.41. The summed E-state index contributed by atoms with van der Waals surface area (Å²) in [7, 11) is 0. The molecule has 0 amide bonds. The van der Waals surface area contributed by atoms with E-state index in [1.165, 1.54) is 0 Å². The molecule has 31 heavy (non-hydrogen) atoms. The molecule has 1 saturated carbocycles. The smallest absolute Gasteiger partial charge is 0.228 e. The molecule has 0 bridgehead atoms. The van der Waals surface area contributed by atoms with Crippen molar-refractivity contribution in [3.8, 4) is 22.5 Å². The van der Waals surface area contributed by atoms with Crippen LogP contribution in [-0.4, -0.2) is 21.2 Å². The molecular weight excluding hydrogens is 399 g/mol. The van der Waals surface area contributed by atoms with Gasteiger partial charge < -0.3 is 0 Å². The van der Waals surface area contributed by atoms with E-state index in [0.29, 0.717) is 22.5 Å². The first-order chi connectivity index (χ1) is 15.0. The molecule has 6 rings (SSSR count). The lowest BCUT2D eigenvalue weighted by atomic mass is 9.70. The number of fused-ring (bicyclic) bond motifs is 3. The average molecular weight is 417 g/mol. The van der Waals surface area contributed by atoms with Gasteiger partial charge in [-0.05, 0) is 24.0 Å². The molecule has 1 aromatic heterocycles. The van der Waals surface area contributed by atoms with Gasteiger partial charge in [-0.2, -0.15) is 13.2 Å². The van der Waals surface area contributed by atoms with E-state index >= 15 is 0 Å². The molecule has 2 heterocycles. The molecule has 1 aliphatic heterocycles. The van der Waals surface area contributed by atoms with E-state index in [-0.39, 0.29) is 12.8 Å². The van der Waals surface area contributed by atoms with E-state index in [9.17, 15) is 13.2 Å². The van der Waals surface area contributed by atoms with Crippen molar-refractivity contribution in [2.24, 2.45) is 5.41 Å². The van der Waals surface area contributed by atoms with Crippen molar-refractivity contribution in [2.75, 3.05) is 0 Å². The standard InChI is InChI=1S/C25H18F3N3/c26-25(27,28)23(15-16-23)24(18-11-5-2-6-12-18)20-14-8-7-13-19(20)22-21(29-30-31(22)24)17-9-3-1-4-10-17/h1-14H,15-16H2. The van der Waals surface area contributed by atoms with Crippen molar-refractivity contribution in [3.63, 3.8) is 0 Å². The number of aromatic nitrogens is 3. The van der Waals surface area contributed by atoms with E-state index in [1.807, 2.05) is 60.7 Å². The van der Waals surface area contributed by atoms with Gasteiger partial charge in [0.1, 0.15) is 11.2 Å². The summed E-state index contributed by atoms with van der Waals surface area (Å²) >= 11 is 0. The molecule has 0 radical (unpaired) electrons. The third-order valence-corrected chi connectivity index (χ3v) is 6.78. The van der Waals surface area contributed by atoms with Crippen molar-refractivity contribution in [1.29, 1.82) is 0 Å². The van der Waals surface area contributed by atoms with E-state index in [1.54, 1.807) is 28.9 Å². The van der Waals surface area contributed by atoms with Gasteiger partial charge in [0.15, 0.2) is 0 Å². The molecule has 0 N–H and O–H groups in total. The summed E-state index contributed by atoms with van der Waals surface area (Å²) < 4.78 is 45.8. The number of halogens is 3. The Morgan fingerprint density at radius 3 is 2.03 bits per heavy atom. The number of benzene rings is 3. The first-order valence-electron chi connectivity index (χ1n) is 10.2. The van der Waals surface area contributed by atoms with Crippen LogP contribution in [0.3, 0.4) is 0 Å². The van der Waals surface area contributed by atoms with Gasteiger partial charge in [0.2, 0.25) is 0 Å². The zero-order chi connectivity index (χ0) is 21.3. The fourth-order valence-electron chi connectivity index (χ4n) is 5.34. The van der Waals surface area contributed by atoms with Crippen LogP contribution in [0, 0.1) is 5.41 Å². The Morgan fingerprint density at radius 1 is 0.774 bits per heavy atom. The molecule has 154 valence electrons. The Morgan fingerprint density at radius 2 is 1.39 bits per heavy atom. The molecule has 6 heteroatoms. The summed E-state index contributed by atoms with van der Waals surface area (Å²) in [6.07, 6.45) is -4.28. The molecule has 0 spiro atoms. The second-order valence-corrected chi connectivity index (χ2v) is 8.27. The van der Waals surface area contributed by atoms with Gasteiger partial charge in [0.25, 0.3) is 0 Å². The SMILES string of the molecule is FC(F)(F)C1(C2(c3ccccc3)c3ccccc3-c3c(-c4ccccc4)nnn32)CC1. The van der Waals surface area contributed by atoms with Crippen LogP contribution >= 0.6 is 0 Å². The topological polar surface area (TPSA) is 30.7 Å². The molecule has 2 aliphatic rings. The normalized spacial score (nSPS) is 20.9. The summed E-state index contributed by atoms with van der Waals surface area (Å²) in [6, 6.07) is 25.8. The third kappa shape index (κ3) is 2.19. The lowest BCUT2D eigenvalue weighted by molar-refractivity contribution is -0.208. The Kier molecular flexibility index (Phi) is 3.59. The monoisotopic (exact) mass is 417 g/mol. The quantitative estimate of drug-likeness (QED) is 0.406. The fraction of sp³-hybridized carbons (Fsp3) is 0.200. The largest absolute Gasteiger partial charge is 0.397 e. The number of hydrogen-bond donors (Lipinski definition) is 0. The lowest BCUT2D eigenvalue weighted by Crippen LogP contribution is -2.50. The zero-order valence-corrected chi connectivity index (χ0v) is 16.5. The first kappa shape index (κ1) is 18.4. The van der Waals surface area contributed by atoms with Crippen LogP contribution in [0.2, 0.25) is 0 Å². The number of nitrogens with zero attached hydrogens (tertiary/aromatic N) is 3. The van der Waals surface area contributed by atoms with Gasteiger partial charge in [-0.1, -0.05) is 90.1 Å². The highest BCUT2D eigenvalue weighted by Crippen LogP contribution is 2.72. The predicted molar refractivity (Wildman–Crippen MR) is 111 cm³/mol. The van der Waals surface area contributed by atoms with Crippen LogP contribution in [0.15, 0.2) is 84.9 Å². The van der Waals surface area contributed by atoms with Crippen LogP contribution < -0.4 is 0 Å². The fourth-order valence-corrected chi connectivity index (χ4v) is 5.34. The van der Waals surface area contributed by atoms with E-state index in [4.69, 9.17) is 0 Å². The molecule has 4 aromatic rings. The van der Waals surface area contributed by atoms with Crippen LogP contribution in [0.25, 0.3) is 22.5 Å². The molecule has 1 unspecified atom stereocenters. The van der Waals surface area contributed by atoms with E-state index < -0.39 is 17.1 Å². The molecule has 3 aromatic carbocycles. The number of alkyl halides is 3. The number of hydrogen-bond acceptors (Lipinski definition) is 2. The van der Waals surface area contributed by atoms with Crippen molar-refractivity contribution >= 4 is 0 Å². The highest BCUT2D eigenvalue weighted by atomic mass is 19.4. The van der Waals surface area contributed by atoms with E-state index in [2.05, 4.69) is 10.3 Å². The van der Waals surface area contributed by atoms with Crippen molar-refractivity contribution < 1.29 is 13.2 Å². The highest BCUT2D eigenvalue weighted by Gasteiger charge is 2.77. The van der Waals surface area contributed by atoms with Crippen LogP contribution in [0.4, 0.5) is 13.2 Å². The zero-order valence-electron chi connectivity index (χ0n) is 16.5. The maximum atomic E-state index is 14.7. The molecular formula is C25H18F3N3. The first-order valence-corrected chi connectivity index (χ1v) is 10.2. The molecule has 3 nitrogen and oxygen atoms in total. The van der Waals surface area contributed by atoms with Gasteiger partial charge >= 0.3 is 6.18 Å². The summed E-state index contributed by atoms with van der Waals surface area (Å²) in [6.45, 7) is 0. The minimum atomic E-state index is -4.39. The second kappa shape index (κ2) is 6.06. The molecule has 1 atom stereocenters. The maximum absolute atomic E-state index is 14.7. The van der Waals surface area contributed by atoms with Gasteiger partial charge in [0, 0.05) is 11.1 Å². The minimum absolute atomic E-state index is 0.0553. The third-order valence-electron chi connectivity index (χ3n) is 6.78. The second-order valence-electron chi connectivity index (χ2n) is 8.27. The molecule has 1 aliphatic carbocycles. The van der Waals surface area contributed by atoms with Gasteiger partial charge in [0.05, 0.1) is 11.1 Å². The van der Waals surface area contributed by atoms with Gasteiger partial charge in [-0.3, -0.25) is 0 Å². The Labute approximate surface area is 177 Å². The summed E-state index contributed by atoms with van der Waals surface area (Å²) in [5.74, 6) is 0. The summed E-state index contributed by atoms with van der Waals surface area (Å²) in [5, 5.41) is 8.80. The van der Waals surface area contributed by atoms with Gasteiger partial charge in [-0.25, -0.2) is 4.68 Å². The number of rotatable bonds is 3. The maximum Gasteiger partial charge on any atom is 0.397 e. The van der Waals surface area contributed by atoms with Crippen molar-refractivity contribution in [1.82, 2.24) is 15.0 Å². The highest BCUT2D eigenvalue weighted by molar-refractivity contribution is 5.85. The summed E-state index contributed by atoms with van der Waals surface area (Å²) in [5.41, 5.74) is 0.636. The Hall–Kier alpha value is -3.41. The van der Waals surface area contributed by atoms with Crippen LogP contribution in [-0.2, 0) is 5.54 Å². The van der Waals surface area contributed by atoms with Crippen molar-refractivity contribution in [2.45, 2.75) is 24.6 Å². The van der Waals surface area contributed by atoms with Crippen molar-refractivity contribution in [3.05, 3.63) is 96.1 Å². The minimum Gasteiger partial charge on any atom is -0.228 e. The Bertz CT molecular complexity index is 1270. The Balaban J connectivity index is 1.75. The molecule has 1 fully saturated rings.